The average Bonchev–Trinajstić information content (AvgIpc) is 2.55. The molecule has 2 aromatic rings. The van der Waals surface area contributed by atoms with Gasteiger partial charge in [-0.1, -0.05) is 26.7 Å². The van der Waals surface area contributed by atoms with Crippen LogP contribution >= 0.6 is 0 Å². The molecule has 0 aliphatic rings. The van der Waals surface area contributed by atoms with Gasteiger partial charge in [-0.25, -0.2) is 4.98 Å². The quantitative estimate of drug-likeness (QED) is 0.792. The van der Waals surface area contributed by atoms with E-state index in [-0.39, 0.29) is 24.3 Å². The lowest BCUT2D eigenvalue weighted by molar-refractivity contribution is 0.364. The molecule has 4 N–H and O–H groups in total. The summed E-state index contributed by atoms with van der Waals surface area (Å²) in [5.74, 6) is 4.83. The van der Waals surface area contributed by atoms with Gasteiger partial charge in [-0.05, 0) is 30.0 Å². The fourth-order valence-corrected chi connectivity index (χ4v) is 2.28. The minimum atomic E-state index is 0.108. The highest BCUT2D eigenvalue weighted by Crippen LogP contribution is 2.37. The number of nitrogen functional groups attached to an aromatic ring is 2. The van der Waals surface area contributed by atoms with E-state index in [1.54, 1.807) is 0 Å². The van der Waals surface area contributed by atoms with Crippen molar-refractivity contribution >= 4 is 11.8 Å². The largest absolute Gasteiger partial charge is 0.481 e. The molecule has 2 rings (SSSR count). The van der Waals surface area contributed by atoms with Crippen LogP contribution in [0.2, 0.25) is 0 Å². The van der Waals surface area contributed by atoms with E-state index in [0.717, 1.165) is 23.3 Å². The highest BCUT2D eigenvalue weighted by molar-refractivity contribution is 5.53. The predicted molar refractivity (Wildman–Crippen MR) is 95.2 cm³/mol. The molecular formula is C18H22N4O2. The number of aromatic nitrogens is 2. The molecule has 0 spiro atoms. The minimum Gasteiger partial charge on any atom is -0.481 e. The normalized spacial score (nSPS) is 10.5. The second kappa shape index (κ2) is 7.55. The topological polar surface area (TPSA) is 96.3 Å². The molecule has 0 amide bonds. The molecule has 0 atom stereocenters. The van der Waals surface area contributed by atoms with Crippen LogP contribution in [0.4, 0.5) is 11.8 Å². The van der Waals surface area contributed by atoms with Gasteiger partial charge in [0.1, 0.15) is 18.1 Å². The smallest absolute Gasteiger partial charge is 0.222 e. The van der Waals surface area contributed by atoms with Crippen LogP contribution in [0.5, 0.6) is 17.2 Å². The van der Waals surface area contributed by atoms with E-state index in [1.807, 2.05) is 19.1 Å². The maximum absolute atomic E-state index is 5.96. The van der Waals surface area contributed by atoms with Gasteiger partial charge in [-0.2, -0.15) is 4.98 Å². The summed E-state index contributed by atoms with van der Waals surface area (Å²) in [5, 5.41) is 0. The van der Waals surface area contributed by atoms with Crippen LogP contribution < -0.4 is 20.9 Å². The van der Waals surface area contributed by atoms with Crippen LogP contribution in [0.15, 0.2) is 18.3 Å². The Balaban J connectivity index is 2.46. The standard InChI is InChI=1S/C18H22N4O2/c1-5-7-23-14-9-13(11(3)4)15(8-12(14)6-2)24-16-10-21-18(20)22-17(16)19/h1,8-11H,6-7H2,2-4H3,(H4,19,20,21,22). The number of terminal acetylenes is 1. The number of nitrogens with zero attached hydrogens (tertiary/aromatic N) is 2. The Labute approximate surface area is 142 Å². The van der Waals surface area contributed by atoms with Gasteiger partial charge in [-0.15, -0.1) is 6.42 Å². The fourth-order valence-electron chi connectivity index (χ4n) is 2.28. The Morgan fingerprint density at radius 3 is 2.54 bits per heavy atom. The molecule has 0 fully saturated rings. The summed E-state index contributed by atoms with van der Waals surface area (Å²) in [4.78, 5) is 7.84. The lowest BCUT2D eigenvalue weighted by atomic mass is 9.98. The van der Waals surface area contributed by atoms with Gasteiger partial charge in [0.05, 0.1) is 6.20 Å². The van der Waals surface area contributed by atoms with E-state index in [2.05, 4.69) is 29.7 Å². The molecule has 0 unspecified atom stereocenters. The zero-order valence-electron chi connectivity index (χ0n) is 14.2. The molecule has 24 heavy (non-hydrogen) atoms. The van der Waals surface area contributed by atoms with Crippen molar-refractivity contribution in [1.29, 1.82) is 0 Å². The Morgan fingerprint density at radius 2 is 1.96 bits per heavy atom. The first-order chi connectivity index (χ1) is 11.5. The van der Waals surface area contributed by atoms with Gasteiger partial charge in [0.15, 0.2) is 11.6 Å². The van der Waals surface area contributed by atoms with E-state index in [4.69, 9.17) is 27.4 Å². The van der Waals surface area contributed by atoms with E-state index in [0.29, 0.717) is 11.5 Å². The molecule has 1 aromatic carbocycles. The van der Waals surface area contributed by atoms with Gasteiger partial charge < -0.3 is 20.9 Å². The number of ether oxygens (including phenoxy) is 2. The van der Waals surface area contributed by atoms with Crippen molar-refractivity contribution in [1.82, 2.24) is 9.97 Å². The summed E-state index contributed by atoms with van der Waals surface area (Å²) >= 11 is 0. The van der Waals surface area contributed by atoms with Crippen molar-refractivity contribution in [3.63, 3.8) is 0 Å². The first kappa shape index (κ1) is 17.4. The second-order valence-corrected chi connectivity index (χ2v) is 5.58. The number of nitrogens with two attached hydrogens (primary N) is 2. The van der Waals surface area contributed by atoms with Gasteiger partial charge in [-0.3, -0.25) is 0 Å². The molecule has 1 heterocycles. The van der Waals surface area contributed by atoms with Crippen molar-refractivity contribution < 1.29 is 9.47 Å². The third-order valence-corrected chi connectivity index (χ3v) is 3.53. The Morgan fingerprint density at radius 1 is 1.21 bits per heavy atom. The van der Waals surface area contributed by atoms with E-state index in [1.165, 1.54) is 6.20 Å². The third-order valence-electron chi connectivity index (χ3n) is 3.53. The monoisotopic (exact) mass is 326 g/mol. The molecule has 6 nitrogen and oxygen atoms in total. The molecule has 0 radical (unpaired) electrons. The molecular weight excluding hydrogens is 304 g/mol. The van der Waals surface area contributed by atoms with Crippen LogP contribution in [0.3, 0.4) is 0 Å². The summed E-state index contributed by atoms with van der Waals surface area (Å²) in [5.41, 5.74) is 13.4. The van der Waals surface area contributed by atoms with Crippen molar-refractivity contribution in [2.45, 2.75) is 33.1 Å². The lowest BCUT2D eigenvalue weighted by Gasteiger charge is -2.18. The van der Waals surface area contributed by atoms with Gasteiger partial charge >= 0.3 is 0 Å². The van der Waals surface area contributed by atoms with Crippen LogP contribution in [0.25, 0.3) is 0 Å². The fraction of sp³-hybridized carbons (Fsp3) is 0.333. The van der Waals surface area contributed by atoms with E-state index < -0.39 is 0 Å². The van der Waals surface area contributed by atoms with Crippen LogP contribution in [0.1, 0.15) is 37.8 Å². The van der Waals surface area contributed by atoms with Gasteiger partial charge in [0.2, 0.25) is 5.95 Å². The van der Waals surface area contributed by atoms with Crippen molar-refractivity contribution in [2.75, 3.05) is 18.1 Å². The van der Waals surface area contributed by atoms with E-state index in [9.17, 15) is 0 Å². The molecule has 0 aliphatic heterocycles. The zero-order chi connectivity index (χ0) is 17.7. The molecule has 0 saturated carbocycles. The summed E-state index contributed by atoms with van der Waals surface area (Å²) in [6.45, 7) is 6.41. The number of rotatable bonds is 6. The summed E-state index contributed by atoms with van der Waals surface area (Å²) in [6.07, 6.45) is 7.54. The Kier molecular flexibility index (Phi) is 5.48. The van der Waals surface area contributed by atoms with Crippen LogP contribution in [-0.2, 0) is 6.42 Å². The first-order valence-electron chi connectivity index (χ1n) is 7.75. The summed E-state index contributed by atoms with van der Waals surface area (Å²) in [6, 6.07) is 3.90. The number of hydrogen-bond acceptors (Lipinski definition) is 6. The number of hydrogen-bond donors (Lipinski definition) is 2. The average molecular weight is 326 g/mol. The highest BCUT2D eigenvalue weighted by atomic mass is 16.5. The zero-order valence-corrected chi connectivity index (χ0v) is 14.2. The minimum absolute atomic E-state index is 0.108. The van der Waals surface area contributed by atoms with E-state index >= 15 is 0 Å². The molecule has 6 heteroatoms. The summed E-state index contributed by atoms with van der Waals surface area (Å²) < 4.78 is 11.6. The Hall–Kier alpha value is -2.94. The lowest BCUT2D eigenvalue weighted by Crippen LogP contribution is -2.04. The van der Waals surface area contributed by atoms with Crippen LogP contribution in [0, 0.1) is 12.3 Å². The molecule has 0 saturated heterocycles. The summed E-state index contributed by atoms with van der Waals surface area (Å²) in [7, 11) is 0. The maximum atomic E-state index is 5.96. The number of anilines is 2. The third kappa shape index (κ3) is 3.87. The first-order valence-corrected chi connectivity index (χ1v) is 7.75. The second-order valence-electron chi connectivity index (χ2n) is 5.58. The predicted octanol–water partition coefficient (Wildman–Crippen LogP) is 3.13. The highest BCUT2D eigenvalue weighted by Gasteiger charge is 2.16. The number of aryl methyl sites for hydroxylation is 1. The molecule has 0 aliphatic carbocycles. The Bertz CT molecular complexity index is 766. The SMILES string of the molecule is C#CCOc1cc(C(C)C)c(Oc2cnc(N)nc2N)cc1CC. The van der Waals surface area contributed by atoms with Crippen molar-refractivity contribution in [3.05, 3.63) is 29.5 Å². The van der Waals surface area contributed by atoms with Gasteiger partial charge in [0.25, 0.3) is 0 Å². The van der Waals surface area contributed by atoms with Crippen molar-refractivity contribution in [2.24, 2.45) is 0 Å². The molecule has 1 aromatic heterocycles. The van der Waals surface area contributed by atoms with Gasteiger partial charge in [0, 0.05) is 5.56 Å². The molecule has 0 bridgehead atoms. The van der Waals surface area contributed by atoms with Crippen LogP contribution in [-0.4, -0.2) is 16.6 Å². The van der Waals surface area contributed by atoms with Crippen molar-refractivity contribution in [3.8, 4) is 29.6 Å². The maximum Gasteiger partial charge on any atom is 0.222 e. The molecule has 126 valence electrons. The number of benzene rings is 1.